The van der Waals surface area contributed by atoms with Crippen molar-refractivity contribution in [2.24, 2.45) is 0 Å². The first kappa shape index (κ1) is 21.4. The van der Waals surface area contributed by atoms with Gasteiger partial charge in [-0.3, -0.25) is 0 Å². The van der Waals surface area contributed by atoms with Crippen molar-refractivity contribution in [2.45, 2.75) is 90.9 Å². The first-order valence-corrected chi connectivity index (χ1v) is 20.1. The summed E-state index contributed by atoms with van der Waals surface area (Å²) in [6.45, 7) is 2.28. The summed E-state index contributed by atoms with van der Waals surface area (Å²) < 4.78 is 0. The average Bonchev–Trinajstić information content (AvgIpc) is 2.25. The summed E-state index contributed by atoms with van der Waals surface area (Å²) in [6.07, 6.45) is 14.2. The summed E-state index contributed by atoms with van der Waals surface area (Å²) in [5.41, 5.74) is 0. The predicted octanol–water partition coefficient (Wildman–Crippen LogP) is 6.79. The first-order chi connectivity index (χ1) is 8.41. The van der Waals surface area contributed by atoms with Gasteiger partial charge in [0.25, 0.3) is 0 Å². The van der Waals surface area contributed by atoms with Gasteiger partial charge in [0.15, 0.2) is 0 Å². The quantitative estimate of drug-likeness (QED) is 0.240. The Morgan fingerprint density at radius 2 is 0.889 bits per heavy atom. The van der Waals surface area contributed by atoms with Crippen molar-refractivity contribution < 1.29 is 0 Å². The molecule has 0 aliphatic rings. The minimum atomic E-state index is -1.18. The van der Waals surface area contributed by atoms with Gasteiger partial charge in [0.05, 0.1) is 0 Å². The van der Waals surface area contributed by atoms with Crippen LogP contribution in [-0.2, 0) is 0 Å². The first-order valence-electron chi connectivity index (χ1n) is 8.02. The molecular formula is C16H38SSn. The van der Waals surface area contributed by atoms with E-state index in [0.717, 1.165) is 5.75 Å². The molecule has 2 heteroatoms. The Hall–Kier alpha value is 1.15. The molecule has 0 aromatic heterocycles. The van der Waals surface area contributed by atoms with E-state index in [-0.39, 0.29) is 0 Å². The van der Waals surface area contributed by atoms with Crippen molar-refractivity contribution in [1.29, 1.82) is 0 Å². The third-order valence-electron chi connectivity index (χ3n) is 2.51. The molecule has 0 N–H and O–H groups in total. The van der Waals surface area contributed by atoms with E-state index in [9.17, 15) is 0 Å². The van der Waals surface area contributed by atoms with E-state index in [1.807, 2.05) is 0 Å². The normalized spacial score (nSPS) is 11.0. The van der Waals surface area contributed by atoms with E-state index in [0.29, 0.717) is 0 Å². The average molecular weight is 381 g/mol. The van der Waals surface area contributed by atoms with Gasteiger partial charge in [0.2, 0.25) is 0 Å². The topological polar surface area (TPSA) is 0 Å². The number of thiol groups is 1. The van der Waals surface area contributed by atoms with Crippen LogP contribution in [0.1, 0.15) is 71.1 Å². The molecule has 112 valence electrons. The zero-order chi connectivity index (χ0) is 14.3. The van der Waals surface area contributed by atoms with Crippen LogP contribution < -0.4 is 0 Å². The zero-order valence-corrected chi connectivity index (χ0v) is 17.5. The van der Waals surface area contributed by atoms with Crippen molar-refractivity contribution in [2.75, 3.05) is 5.75 Å². The summed E-state index contributed by atoms with van der Waals surface area (Å²) in [5, 5.41) is 0. The van der Waals surface area contributed by atoms with Crippen molar-refractivity contribution in [3.63, 3.8) is 0 Å². The molecule has 0 fully saturated rings. The van der Waals surface area contributed by atoms with Crippen LogP contribution in [0.3, 0.4) is 0 Å². The van der Waals surface area contributed by atoms with Crippen LogP contribution >= 0.6 is 12.6 Å². The Labute approximate surface area is 127 Å². The summed E-state index contributed by atoms with van der Waals surface area (Å²) in [6, 6.07) is 0. The summed E-state index contributed by atoms with van der Waals surface area (Å²) in [5.74, 6) is 1.07. The van der Waals surface area contributed by atoms with Crippen LogP contribution in [0.4, 0.5) is 0 Å². The number of unbranched alkanes of at least 4 members (excludes halogenated alkanes) is 9. The molecule has 0 amide bonds. The van der Waals surface area contributed by atoms with Crippen molar-refractivity contribution in [3.8, 4) is 0 Å². The van der Waals surface area contributed by atoms with Gasteiger partial charge in [-0.05, 0) is 12.2 Å². The van der Waals surface area contributed by atoms with E-state index in [1.165, 1.54) is 64.2 Å². The molecule has 0 spiro atoms. The number of hydrogen-bond donors (Lipinski definition) is 1. The maximum atomic E-state index is 4.20. The molecule has 0 rings (SSSR count). The number of hydrogen-bond acceptors (Lipinski definition) is 1. The molecule has 18 heavy (non-hydrogen) atoms. The third-order valence-corrected chi connectivity index (χ3v) is 2.83. The fraction of sp³-hybridized carbons (Fsp3) is 1.00. The van der Waals surface area contributed by atoms with Gasteiger partial charge < -0.3 is 0 Å². The van der Waals surface area contributed by atoms with Crippen LogP contribution in [0.2, 0.25) is 19.8 Å². The predicted molar refractivity (Wildman–Crippen MR) is 94.9 cm³/mol. The van der Waals surface area contributed by atoms with Crippen molar-refractivity contribution in [1.82, 2.24) is 0 Å². The Bertz CT molecular complexity index is 125. The Balaban J connectivity index is 0. The molecule has 0 aliphatic heterocycles. The Morgan fingerprint density at radius 3 is 1.17 bits per heavy atom. The van der Waals surface area contributed by atoms with Gasteiger partial charge in [0, 0.05) is 0 Å². The minimum absolute atomic E-state index is 1.07. The van der Waals surface area contributed by atoms with Crippen LogP contribution in [0.25, 0.3) is 0 Å². The van der Waals surface area contributed by atoms with Crippen LogP contribution in [0.5, 0.6) is 0 Å². The van der Waals surface area contributed by atoms with Gasteiger partial charge in [-0.2, -0.15) is 12.6 Å². The maximum absolute atomic E-state index is 4.20. The number of rotatable bonds is 10. The van der Waals surface area contributed by atoms with Crippen molar-refractivity contribution in [3.05, 3.63) is 0 Å². The summed E-state index contributed by atoms with van der Waals surface area (Å²) in [7, 11) is 0. The van der Waals surface area contributed by atoms with Gasteiger partial charge in [0.1, 0.15) is 0 Å². The molecular weight excluding hydrogens is 343 g/mol. The molecule has 0 aromatic carbocycles. The van der Waals surface area contributed by atoms with Crippen LogP contribution in [0.15, 0.2) is 0 Å². The molecule has 0 atom stereocenters. The van der Waals surface area contributed by atoms with E-state index >= 15 is 0 Å². The molecule has 0 aromatic rings. The zero-order valence-electron chi connectivity index (χ0n) is 13.7. The van der Waals surface area contributed by atoms with Crippen LogP contribution in [-0.4, -0.2) is 24.1 Å². The van der Waals surface area contributed by atoms with Gasteiger partial charge in [-0.25, -0.2) is 0 Å². The van der Waals surface area contributed by atoms with E-state index in [1.54, 1.807) is 0 Å². The van der Waals surface area contributed by atoms with Crippen LogP contribution in [0, 0.1) is 0 Å². The SMILES string of the molecule is CCCCCCCCCCCCS.[CH3][Sn]([CH3])([CH3])[CH3]. The third kappa shape index (κ3) is 36.0. The molecule has 0 heterocycles. The van der Waals surface area contributed by atoms with E-state index in [2.05, 4.69) is 39.3 Å². The molecule has 0 saturated carbocycles. The molecule has 0 saturated heterocycles. The standard InChI is InChI=1S/C12H26S.4CH3.Sn/c1-2-3-4-5-6-7-8-9-10-11-12-13;;;;;/h13H,2-12H2,1H3;4*1H3;. The fourth-order valence-corrected chi connectivity index (χ4v) is 1.82. The van der Waals surface area contributed by atoms with Gasteiger partial charge >= 0.3 is 38.1 Å². The van der Waals surface area contributed by atoms with Gasteiger partial charge in [-0.1, -0.05) is 64.7 Å². The van der Waals surface area contributed by atoms with E-state index < -0.39 is 18.4 Å². The van der Waals surface area contributed by atoms with Crippen molar-refractivity contribution >= 4 is 31.0 Å². The Kier molecular flexibility index (Phi) is 19.3. The molecule has 0 nitrogen and oxygen atoms in total. The summed E-state index contributed by atoms with van der Waals surface area (Å²) in [4.78, 5) is 9.59. The molecule has 0 radical (unpaired) electrons. The fourth-order valence-electron chi connectivity index (χ4n) is 1.60. The second-order valence-corrected chi connectivity index (χ2v) is 24.5. The second-order valence-electron chi connectivity index (χ2n) is 6.91. The second kappa shape index (κ2) is 16.2. The monoisotopic (exact) mass is 382 g/mol. The molecule has 0 unspecified atom stereocenters. The molecule has 0 bridgehead atoms. The summed E-state index contributed by atoms with van der Waals surface area (Å²) >= 11 is 3.02. The Morgan fingerprint density at radius 1 is 0.611 bits per heavy atom. The van der Waals surface area contributed by atoms with Gasteiger partial charge in [-0.15, -0.1) is 0 Å². The molecule has 0 aliphatic carbocycles. The van der Waals surface area contributed by atoms with E-state index in [4.69, 9.17) is 0 Å².